The van der Waals surface area contributed by atoms with Crippen LogP contribution >= 0.6 is 27.5 Å². The molecule has 1 aliphatic carbocycles. The Hall–Kier alpha value is -0.410. The van der Waals surface area contributed by atoms with Crippen molar-refractivity contribution in [2.24, 2.45) is 5.92 Å². The fraction of sp³-hybridized carbons (Fsp3) is 0.571. The SMILES string of the molecule is CC1CCc2c(Br)cc3c(c2C(Cl)C1)OCCO3. The summed E-state index contributed by atoms with van der Waals surface area (Å²) in [7, 11) is 0. The Morgan fingerprint density at radius 1 is 1.33 bits per heavy atom. The topological polar surface area (TPSA) is 18.5 Å². The van der Waals surface area contributed by atoms with Crippen molar-refractivity contribution in [2.45, 2.75) is 31.6 Å². The van der Waals surface area contributed by atoms with Crippen LogP contribution in [0.1, 0.15) is 36.3 Å². The summed E-state index contributed by atoms with van der Waals surface area (Å²) in [6.07, 6.45) is 3.23. The van der Waals surface area contributed by atoms with Gasteiger partial charge in [-0.15, -0.1) is 11.6 Å². The Kier molecular flexibility index (Phi) is 3.46. The fourth-order valence-electron chi connectivity index (χ4n) is 2.78. The van der Waals surface area contributed by atoms with Gasteiger partial charge in [-0.2, -0.15) is 0 Å². The third-order valence-corrected chi connectivity index (χ3v) is 4.84. The highest BCUT2D eigenvalue weighted by atomic mass is 79.9. The molecule has 0 saturated heterocycles. The van der Waals surface area contributed by atoms with Crippen LogP contribution in [0.4, 0.5) is 0 Å². The van der Waals surface area contributed by atoms with Crippen molar-refractivity contribution in [3.05, 3.63) is 21.7 Å². The lowest BCUT2D eigenvalue weighted by molar-refractivity contribution is 0.169. The average molecular weight is 332 g/mol. The van der Waals surface area contributed by atoms with E-state index < -0.39 is 0 Å². The second kappa shape index (κ2) is 4.93. The summed E-state index contributed by atoms with van der Waals surface area (Å²) in [5, 5.41) is 0.0189. The largest absolute Gasteiger partial charge is 0.486 e. The number of alkyl halides is 1. The Morgan fingerprint density at radius 3 is 2.94 bits per heavy atom. The minimum atomic E-state index is 0.0189. The first-order valence-corrected chi connectivity index (χ1v) is 7.64. The molecule has 2 nitrogen and oxygen atoms in total. The molecular weight excluding hydrogens is 316 g/mol. The van der Waals surface area contributed by atoms with Gasteiger partial charge in [-0.25, -0.2) is 0 Å². The smallest absolute Gasteiger partial charge is 0.166 e. The van der Waals surface area contributed by atoms with Gasteiger partial charge in [-0.1, -0.05) is 22.9 Å². The number of halogens is 2. The van der Waals surface area contributed by atoms with E-state index >= 15 is 0 Å². The first-order valence-electron chi connectivity index (χ1n) is 6.41. The second-order valence-electron chi connectivity index (χ2n) is 5.12. The third kappa shape index (κ3) is 2.12. The molecule has 0 spiro atoms. The lowest BCUT2D eigenvalue weighted by Gasteiger charge is -2.25. The van der Waals surface area contributed by atoms with Crippen LogP contribution in [0, 0.1) is 5.92 Å². The molecule has 18 heavy (non-hydrogen) atoms. The molecule has 1 aromatic rings. The molecule has 4 heteroatoms. The number of hydrogen-bond acceptors (Lipinski definition) is 2. The summed E-state index contributed by atoms with van der Waals surface area (Å²) >= 11 is 10.2. The molecule has 0 amide bonds. The normalized spacial score (nSPS) is 26.4. The van der Waals surface area contributed by atoms with Gasteiger partial charge in [0.2, 0.25) is 0 Å². The van der Waals surface area contributed by atoms with Gasteiger partial charge >= 0.3 is 0 Å². The number of fused-ring (bicyclic) bond motifs is 3. The molecule has 1 aromatic carbocycles. The van der Waals surface area contributed by atoms with E-state index in [2.05, 4.69) is 22.9 Å². The van der Waals surface area contributed by atoms with Crippen LogP contribution < -0.4 is 9.47 Å². The van der Waals surface area contributed by atoms with Crippen molar-refractivity contribution in [2.75, 3.05) is 13.2 Å². The predicted octanol–water partition coefficient (Wildman–Crippen LogP) is 4.47. The van der Waals surface area contributed by atoms with Gasteiger partial charge in [0, 0.05) is 10.0 Å². The van der Waals surface area contributed by atoms with Crippen molar-refractivity contribution in [1.29, 1.82) is 0 Å². The molecule has 1 aliphatic heterocycles. The molecule has 0 fully saturated rings. The summed E-state index contributed by atoms with van der Waals surface area (Å²) in [5.74, 6) is 2.34. The van der Waals surface area contributed by atoms with E-state index in [9.17, 15) is 0 Å². The zero-order chi connectivity index (χ0) is 12.7. The first-order chi connectivity index (χ1) is 8.66. The van der Waals surface area contributed by atoms with Gasteiger partial charge in [-0.05, 0) is 36.8 Å². The van der Waals surface area contributed by atoms with Crippen LogP contribution in [0.5, 0.6) is 11.5 Å². The quantitative estimate of drug-likeness (QED) is 0.516. The van der Waals surface area contributed by atoms with Gasteiger partial charge in [0.05, 0.1) is 5.38 Å². The molecule has 0 bridgehead atoms. The van der Waals surface area contributed by atoms with Crippen molar-refractivity contribution in [3.63, 3.8) is 0 Å². The maximum atomic E-state index is 6.60. The van der Waals surface area contributed by atoms with E-state index in [-0.39, 0.29) is 5.38 Å². The lowest BCUT2D eigenvalue weighted by atomic mass is 10.0. The van der Waals surface area contributed by atoms with E-state index in [1.807, 2.05) is 6.07 Å². The van der Waals surface area contributed by atoms with Crippen molar-refractivity contribution in [3.8, 4) is 11.5 Å². The van der Waals surface area contributed by atoms with Gasteiger partial charge in [0.25, 0.3) is 0 Å². The first kappa shape index (κ1) is 12.6. The summed E-state index contributed by atoms with van der Waals surface area (Å²) < 4.78 is 12.6. The molecular formula is C14H16BrClO2. The monoisotopic (exact) mass is 330 g/mol. The van der Waals surface area contributed by atoms with Gasteiger partial charge in [0.15, 0.2) is 11.5 Å². The summed E-state index contributed by atoms with van der Waals surface area (Å²) in [6, 6.07) is 2.02. The highest BCUT2D eigenvalue weighted by Crippen LogP contribution is 2.48. The maximum Gasteiger partial charge on any atom is 0.166 e. The highest BCUT2D eigenvalue weighted by molar-refractivity contribution is 9.10. The lowest BCUT2D eigenvalue weighted by Crippen LogP contribution is -2.18. The molecule has 2 atom stereocenters. The van der Waals surface area contributed by atoms with Gasteiger partial charge < -0.3 is 9.47 Å². The Bertz CT molecular complexity index is 475. The van der Waals surface area contributed by atoms with Crippen molar-refractivity contribution < 1.29 is 9.47 Å². The summed E-state index contributed by atoms with van der Waals surface area (Å²) in [4.78, 5) is 0. The molecule has 3 rings (SSSR count). The summed E-state index contributed by atoms with van der Waals surface area (Å²) in [5.41, 5.74) is 2.44. The second-order valence-corrected chi connectivity index (χ2v) is 6.50. The highest BCUT2D eigenvalue weighted by Gasteiger charge is 2.29. The van der Waals surface area contributed by atoms with Gasteiger partial charge in [0.1, 0.15) is 13.2 Å². The standard InChI is InChI=1S/C14H16BrClO2/c1-8-2-3-9-10(15)7-12-14(18-5-4-17-12)13(9)11(16)6-8/h7-8,11H,2-6H2,1H3. The molecule has 0 radical (unpaired) electrons. The number of rotatable bonds is 0. The molecule has 0 N–H and O–H groups in total. The number of benzene rings is 1. The van der Waals surface area contributed by atoms with Crippen LogP contribution in [-0.4, -0.2) is 13.2 Å². The van der Waals surface area contributed by atoms with Crippen LogP contribution in [0.3, 0.4) is 0 Å². The van der Waals surface area contributed by atoms with E-state index in [0.29, 0.717) is 19.1 Å². The van der Waals surface area contributed by atoms with Crippen LogP contribution in [0.2, 0.25) is 0 Å². The maximum absolute atomic E-state index is 6.60. The molecule has 2 unspecified atom stereocenters. The van der Waals surface area contributed by atoms with E-state index in [1.165, 1.54) is 12.0 Å². The molecule has 0 aromatic heterocycles. The minimum absolute atomic E-state index is 0.0189. The molecule has 0 saturated carbocycles. The van der Waals surface area contributed by atoms with Crippen LogP contribution in [0.25, 0.3) is 0 Å². The molecule has 1 heterocycles. The van der Waals surface area contributed by atoms with E-state index in [4.69, 9.17) is 21.1 Å². The zero-order valence-electron chi connectivity index (χ0n) is 10.3. The van der Waals surface area contributed by atoms with Crippen molar-refractivity contribution >= 4 is 27.5 Å². The Morgan fingerprint density at radius 2 is 2.11 bits per heavy atom. The van der Waals surface area contributed by atoms with E-state index in [1.54, 1.807) is 0 Å². The molecule has 2 aliphatic rings. The Labute approximate surface area is 121 Å². The van der Waals surface area contributed by atoms with Crippen molar-refractivity contribution in [1.82, 2.24) is 0 Å². The third-order valence-electron chi connectivity index (χ3n) is 3.74. The van der Waals surface area contributed by atoms with Crippen LogP contribution in [-0.2, 0) is 6.42 Å². The minimum Gasteiger partial charge on any atom is -0.486 e. The number of ether oxygens (including phenoxy) is 2. The van der Waals surface area contributed by atoms with Crippen LogP contribution in [0.15, 0.2) is 10.5 Å². The Balaban J connectivity index is 2.16. The average Bonchev–Trinajstić information content (AvgIpc) is 2.49. The predicted molar refractivity (Wildman–Crippen MR) is 75.8 cm³/mol. The zero-order valence-corrected chi connectivity index (χ0v) is 12.7. The summed E-state index contributed by atoms with van der Waals surface area (Å²) in [6.45, 7) is 3.49. The van der Waals surface area contributed by atoms with E-state index in [0.717, 1.165) is 34.4 Å². The fourth-order valence-corrected chi connectivity index (χ4v) is 3.94. The number of hydrogen-bond donors (Lipinski definition) is 0. The van der Waals surface area contributed by atoms with Gasteiger partial charge in [-0.3, -0.25) is 0 Å². The molecule has 98 valence electrons.